The van der Waals surface area contributed by atoms with Gasteiger partial charge >= 0.3 is 5.97 Å². The van der Waals surface area contributed by atoms with Gasteiger partial charge in [0.2, 0.25) is 0 Å². The predicted molar refractivity (Wildman–Crippen MR) is 82.4 cm³/mol. The van der Waals surface area contributed by atoms with Gasteiger partial charge in [-0.25, -0.2) is 0 Å². The van der Waals surface area contributed by atoms with Crippen LogP contribution in [0.5, 0.6) is 0 Å². The van der Waals surface area contributed by atoms with Crippen molar-refractivity contribution in [1.82, 2.24) is 15.1 Å². The topological polar surface area (TPSA) is 55.8 Å². The molecule has 3 rings (SSSR count). The molecule has 21 heavy (non-hydrogen) atoms. The third kappa shape index (κ3) is 2.83. The second-order valence-electron chi connectivity index (χ2n) is 7.22. The number of piperidine rings is 1. The van der Waals surface area contributed by atoms with E-state index in [-0.39, 0.29) is 0 Å². The molecule has 0 aromatic heterocycles. The summed E-state index contributed by atoms with van der Waals surface area (Å²) < 4.78 is 0. The molecule has 5 nitrogen and oxygen atoms in total. The molecule has 0 spiro atoms. The van der Waals surface area contributed by atoms with Crippen molar-refractivity contribution in [1.29, 1.82) is 0 Å². The molecule has 120 valence electrons. The minimum Gasteiger partial charge on any atom is -0.480 e. The summed E-state index contributed by atoms with van der Waals surface area (Å²) in [6, 6.07) is 1.09. The van der Waals surface area contributed by atoms with Gasteiger partial charge in [0.15, 0.2) is 0 Å². The molecule has 3 unspecified atom stereocenters. The zero-order valence-corrected chi connectivity index (χ0v) is 13.3. The molecule has 2 N–H and O–H groups in total. The maximum atomic E-state index is 11.9. The molecule has 3 aliphatic rings. The Hall–Kier alpha value is -0.650. The zero-order valence-electron chi connectivity index (χ0n) is 13.3. The maximum Gasteiger partial charge on any atom is 0.325 e. The Bertz CT molecular complexity index is 399. The first-order valence-corrected chi connectivity index (χ1v) is 8.47. The molecule has 0 aromatic carbocycles. The highest BCUT2D eigenvalue weighted by molar-refractivity contribution is 5.80. The van der Waals surface area contributed by atoms with Gasteiger partial charge in [0, 0.05) is 31.7 Å². The summed E-state index contributed by atoms with van der Waals surface area (Å²) in [6.45, 7) is 6.25. The highest BCUT2D eigenvalue weighted by Gasteiger charge is 2.52. The number of hydrogen-bond donors (Lipinski definition) is 2. The van der Waals surface area contributed by atoms with E-state index in [0.29, 0.717) is 24.5 Å². The highest BCUT2D eigenvalue weighted by atomic mass is 16.4. The Kier molecular flexibility index (Phi) is 4.26. The molecule has 0 radical (unpaired) electrons. The SMILES string of the molecule is CNC(CN1CC2CCCCN2CC1C)(C(=O)O)C1CC1. The highest BCUT2D eigenvalue weighted by Crippen LogP contribution is 2.41. The van der Waals surface area contributed by atoms with E-state index in [1.165, 1.54) is 25.8 Å². The van der Waals surface area contributed by atoms with Crippen molar-refractivity contribution < 1.29 is 9.90 Å². The van der Waals surface area contributed by atoms with Gasteiger partial charge < -0.3 is 10.4 Å². The van der Waals surface area contributed by atoms with Gasteiger partial charge in [-0.3, -0.25) is 14.6 Å². The first-order valence-electron chi connectivity index (χ1n) is 8.47. The molecule has 0 bridgehead atoms. The summed E-state index contributed by atoms with van der Waals surface area (Å²) in [5.41, 5.74) is -0.745. The van der Waals surface area contributed by atoms with Crippen LogP contribution in [0.4, 0.5) is 0 Å². The number of aliphatic carboxylic acids is 1. The molecular weight excluding hydrogens is 266 g/mol. The summed E-state index contributed by atoms with van der Waals surface area (Å²) in [5, 5.41) is 12.9. The Morgan fingerprint density at radius 1 is 1.29 bits per heavy atom. The largest absolute Gasteiger partial charge is 0.480 e. The average molecular weight is 295 g/mol. The smallest absolute Gasteiger partial charge is 0.325 e. The molecule has 0 amide bonds. The number of carboxylic acids is 1. The number of carboxylic acid groups (broad SMARTS) is 1. The van der Waals surface area contributed by atoms with Crippen molar-refractivity contribution in [2.45, 2.75) is 56.7 Å². The van der Waals surface area contributed by atoms with E-state index in [2.05, 4.69) is 22.0 Å². The van der Waals surface area contributed by atoms with Gasteiger partial charge in [0.05, 0.1) is 0 Å². The first kappa shape index (κ1) is 15.3. The fourth-order valence-electron chi connectivity index (χ4n) is 4.29. The molecule has 3 fully saturated rings. The van der Waals surface area contributed by atoms with Gasteiger partial charge in [-0.15, -0.1) is 0 Å². The van der Waals surface area contributed by atoms with Gasteiger partial charge in [-0.1, -0.05) is 6.42 Å². The summed E-state index contributed by atoms with van der Waals surface area (Å²) in [6.07, 6.45) is 6.01. The first-order chi connectivity index (χ1) is 10.1. The maximum absolute atomic E-state index is 11.9. The van der Waals surface area contributed by atoms with Crippen molar-refractivity contribution in [3.8, 4) is 0 Å². The van der Waals surface area contributed by atoms with Crippen molar-refractivity contribution in [2.75, 3.05) is 33.2 Å². The van der Waals surface area contributed by atoms with Crippen LogP contribution in [0.15, 0.2) is 0 Å². The van der Waals surface area contributed by atoms with Crippen LogP contribution in [0.2, 0.25) is 0 Å². The molecular formula is C16H29N3O2. The molecule has 2 saturated heterocycles. The third-order valence-corrected chi connectivity index (χ3v) is 5.87. The fraction of sp³-hybridized carbons (Fsp3) is 0.938. The molecule has 5 heteroatoms. The second-order valence-corrected chi connectivity index (χ2v) is 7.22. The Labute approximate surface area is 127 Å². The van der Waals surface area contributed by atoms with Crippen LogP contribution < -0.4 is 5.32 Å². The lowest BCUT2D eigenvalue weighted by Crippen LogP contribution is -2.66. The number of nitrogens with zero attached hydrogens (tertiary/aromatic N) is 2. The van der Waals surface area contributed by atoms with Gasteiger partial charge in [0.1, 0.15) is 5.54 Å². The van der Waals surface area contributed by atoms with Crippen molar-refractivity contribution in [3.05, 3.63) is 0 Å². The number of piperazine rings is 1. The Balaban J connectivity index is 1.71. The molecule has 3 atom stereocenters. The number of nitrogens with one attached hydrogen (secondary N) is 1. The number of likely N-dealkylation sites (N-methyl/N-ethyl adjacent to an activating group) is 1. The van der Waals surface area contributed by atoms with Crippen LogP contribution in [0, 0.1) is 5.92 Å². The lowest BCUT2D eigenvalue weighted by molar-refractivity contribution is -0.147. The quantitative estimate of drug-likeness (QED) is 0.792. The second kappa shape index (κ2) is 5.86. The zero-order chi connectivity index (χ0) is 15.0. The van der Waals surface area contributed by atoms with Gasteiger partial charge in [-0.05, 0) is 52.1 Å². The average Bonchev–Trinajstić information content (AvgIpc) is 3.29. The number of hydrogen-bond acceptors (Lipinski definition) is 4. The fourth-order valence-corrected chi connectivity index (χ4v) is 4.29. The van der Waals surface area contributed by atoms with Crippen LogP contribution in [0.1, 0.15) is 39.0 Å². The van der Waals surface area contributed by atoms with Gasteiger partial charge in [0.25, 0.3) is 0 Å². The van der Waals surface area contributed by atoms with E-state index in [1.807, 2.05) is 7.05 Å². The van der Waals surface area contributed by atoms with Crippen molar-refractivity contribution >= 4 is 5.97 Å². The minimum absolute atomic E-state index is 0.302. The van der Waals surface area contributed by atoms with Crippen LogP contribution in [-0.4, -0.2) is 71.7 Å². The predicted octanol–water partition coefficient (Wildman–Crippen LogP) is 0.998. The standard InChI is InChI=1S/C16H29N3O2/c1-12-9-18-8-4-3-5-14(18)10-19(12)11-16(17-2,15(20)21)13-6-7-13/h12-14,17H,3-11H2,1-2H3,(H,20,21). The van der Waals surface area contributed by atoms with E-state index in [1.54, 1.807) is 0 Å². The molecule has 1 saturated carbocycles. The van der Waals surface area contributed by atoms with Crippen molar-refractivity contribution in [3.63, 3.8) is 0 Å². The summed E-state index contributed by atoms with van der Waals surface area (Å²) in [4.78, 5) is 16.9. The molecule has 0 aromatic rings. The van der Waals surface area contributed by atoms with E-state index in [0.717, 1.165) is 25.9 Å². The van der Waals surface area contributed by atoms with Crippen LogP contribution in [0.3, 0.4) is 0 Å². The Morgan fingerprint density at radius 2 is 2.05 bits per heavy atom. The lowest BCUT2D eigenvalue weighted by atomic mass is 9.90. The monoisotopic (exact) mass is 295 g/mol. The van der Waals surface area contributed by atoms with Crippen LogP contribution in [-0.2, 0) is 4.79 Å². The van der Waals surface area contributed by atoms with E-state index in [4.69, 9.17) is 0 Å². The third-order valence-electron chi connectivity index (χ3n) is 5.87. The summed E-state index contributed by atoms with van der Waals surface area (Å²) >= 11 is 0. The number of carbonyl (C=O) groups is 1. The minimum atomic E-state index is -0.745. The molecule has 2 heterocycles. The van der Waals surface area contributed by atoms with Crippen LogP contribution >= 0.6 is 0 Å². The van der Waals surface area contributed by atoms with Gasteiger partial charge in [-0.2, -0.15) is 0 Å². The summed E-state index contributed by atoms with van der Waals surface area (Å²) in [5.74, 6) is -0.373. The van der Waals surface area contributed by atoms with E-state index >= 15 is 0 Å². The Morgan fingerprint density at radius 3 is 2.67 bits per heavy atom. The van der Waals surface area contributed by atoms with Crippen molar-refractivity contribution in [2.24, 2.45) is 5.92 Å². The number of rotatable bonds is 5. The van der Waals surface area contributed by atoms with E-state index in [9.17, 15) is 9.90 Å². The normalized spacial score (nSPS) is 34.2. The molecule has 2 aliphatic heterocycles. The lowest BCUT2D eigenvalue weighted by Gasteiger charge is -2.49. The van der Waals surface area contributed by atoms with Crippen LogP contribution in [0.25, 0.3) is 0 Å². The summed E-state index contributed by atoms with van der Waals surface area (Å²) in [7, 11) is 1.81. The van der Waals surface area contributed by atoms with E-state index < -0.39 is 11.5 Å². The number of fused-ring (bicyclic) bond motifs is 1. The molecule has 1 aliphatic carbocycles.